The number of allylic oxidation sites excluding steroid dienone is 1. The minimum atomic E-state index is -0.599. The Bertz CT molecular complexity index is 822. The van der Waals surface area contributed by atoms with Crippen LogP contribution in [0.5, 0.6) is 5.75 Å². The van der Waals surface area contributed by atoms with Crippen LogP contribution >= 0.6 is 23.1 Å². The molecule has 2 aromatic rings. The quantitative estimate of drug-likeness (QED) is 0.861. The fourth-order valence-corrected chi connectivity index (χ4v) is 3.97. The molecule has 2 heterocycles. The van der Waals surface area contributed by atoms with Crippen molar-refractivity contribution in [2.24, 2.45) is 0 Å². The molecule has 1 aliphatic heterocycles. The lowest BCUT2D eigenvalue weighted by Gasteiger charge is -2.06. The highest BCUT2D eigenvalue weighted by molar-refractivity contribution is 8.19. The van der Waals surface area contributed by atoms with Gasteiger partial charge < -0.3 is 4.74 Å². The minimum Gasteiger partial charge on any atom is -0.478 e. The molecule has 1 atom stereocenters. The average molecular weight is 341 g/mol. The number of hydrogen-bond donors (Lipinski definition) is 1. The molecule has 7 heteroatoms. The number of hydrogen-bond acceptors (Lipinski definition) is 7. The number of ether oxygens (including phenoxy) is 1. The van der Waals surface area contributed by atoms with E-state index in [2.05, 4.69) is 4.98 Å². The van der Waals surface area contributed by atoms with Crippen molar-refractivity contribution >= 4 is 40.0 Å². The molecule has 1 saturated heterocycles. The third-order valence-corrected chi connectivity index (χ3v) is 5.02. The molecule has 0 unspecified atom stereocenters. The molecule has 0 amide bonds. The summed E-state index contributed by atoms with van der Waals surface area (Å²) in [7, 11) is 0. The molecule has 114 valence electrons. The summed E-state index contributed by atoms with van der Waals surface area (Å²) in [6.07, 6.45) is 3.35. The van der Waals surface area contributed by atoms with Crippen LogP contribution in [0.2, 0.25) is 0 Å². The molecule has 1 aromatic carbocycles. The SMILES string of the molecule is N#CCOc1ccccc1/C=C1\SC(=N)[C@@H](c2nccs2)C1=O. The van der Waals surface area contributed by atoms with Gasteiger partial charge in [-0.1, -0.05) is 30.0 Å². The molecular weight excluding hydrogens is 330 g/mol. The van der Waals surface area contributed by atoms with Gasteiger partial charge in [0.15, 0.2) is 12.4 Å². The van der Waals surface area contributed by atoms with Gasteiger partial charge in [0.25, 0.3) is 0 Å². The molecule has 1 N–H and O–H groups in total. The van der Waals surface area contributed by atoms with Gasteiger partial charge in [-0.15, -0.1) is 11.3 Å². The van der Waals surface area contributed by atoms with Gasteiger partial charge >= 0.3 is 0 Å². The molecule has 0 aliphatic carbocycles. The lowest BCUT2D eigenvalue weighted by molar-refractivity contribution is -0.114. The van der Waals surface area contributed by atoms with Crippen LogP contribution in [0.4, 0.5) is 0 Å². The van der Waals surface area contributed by atoms with Crippen LogP contribution in [0.25, 0.3) is 6.08 Å². The van der Waals surface area contributed by atoms with Crippen LogP contribution < -0.4 is 4.74 Å². The summed E-state index contributed by atoms with van der Waals surface area (Å²) in [5.74, 6) is -0.178. The molecule has 1 aromatic heterocycles. The first-order chi connectivity index (χ1) is 11.2. The maximum absolute atomic E-state index is 12.6. The second kappa shape index (κ2) is 6.77. The van der Waals surface area contributed by atoms with E-state index in [0.717, 1.165) is 11.8 Å². The Morgan fingerprint density at radius 2 is 2.26 bits per heavy atom. The zero-order valence-electron chi connectivity index (χ0n) is 11.9. The number of carbonyl (C=O) groups is 1. The van der Waals surface area contributed by atoms with Crippen molar-refractivity contribution in [3.63, 3.8) is 0 Å². The average Bonchev–Trinajstić information content (AvgIpc) is 3.15. The summed E-state index contributed by atoms with van der Waals surface area (Å²) in [6.45, 7) is -0.0567. The number of thiazole rings is 1. The molecule has 1 fully saturated rings. The number of benzene rings is 1. The number of rotatable bonds is 4. The highest BCUT2D eigenvalue weighted by atomic mass is 32.2. The van der Waals surface area contributed by atoms with Gasteiger partial charge in [0.05, 0.1) is 9.95 Å². The maximum Gasteiger partial charge on any atom is 0.186 e. The van der Waals surface area contributed by atoms with E-state index in [1.165, 1.54) is 11.3 Å². The van der Waals surface area contributed by atoms with Crippen LogP contribution in [-0.2, 0) is 4.79 Å². The Morgan fingerprint density at radius 3 is 3.00 bits per heavy atom. The van der Waals surface area contributed by atoms with E-state index in [4.69, 9.17) is 15.4 Å². The first-order valence-corrected chi connectivity index (χ1v) is 8.40. The number of nitrogens with zero attached hydrogens (tertiary/aromatic N) is 2. The molecule has 23 heavy (non-hydrogen) atoms. The monoisotopic (exact) mass is 341 g/mol. The number of para-hydroxylation sites is 1. The van der Waals surface area contributed by atoms with Crippen molar-refractivity contribution in [2.75, 3.05) is 6.61 Å². The zero-order valence-corrected chi connectivity index (χ0v) is 13.5. The molecule has 0 bridgehead atoms. The molecule has 0 radical (unpaired) electrons. The van der Waals surface area contributed by atoms with E-state index in [9.17, 15) is 4.79 Å². The number of aromatic nitrogens is 1. The Balaban J connectivity index is 1.91. The van der Waals surface area contributed by atoms with E-state index in [-0.39, 0.29) is 17.4 Å². The van der Waals surface area contributed by atoms with Crippen LogP contribution in [0.15, 0.2) is 40.7 Å². The Morgan fingerprint density at radius 1 is 1.43 bits per heavy atom. The van der Waals surface area contributed by atoms with Crippen molar-refractivity contribution in [2.45, 2.75) is 5.92 Å². The second-order valence-corrected chi connectivity index (χ2v) is 6.64. The fraction of sp³-hybridized carbons (Fsp3) is 0.125. The molecule has 3 rings (SSSR count). The van der Waals surface area contributed by atoms with Crippen LogP contribution in [0.1, 0.15) is 16.5 Å². The highest BCUT2D eigenvalue weighted by Crippen LogP contribution is 2.41. The van der Waals surface area contributed by atoms with E-state index in [0.29, 0.717) is 21.2 Å². The van der Waals surface area contributed by atoms with Crippen LogP contribution in [0.3, 0.4) is 0 Å². The van der Waals surface area contributed by atoms with Crippen molar-refractivity contribution in [3.8, 4) is 11.8 Å². The number of nitrogens with one attached hydrogen (secondary N) is 1. The first-order valence-electron chi connectivity index (χ1n) is 6.71. The van der Waals surface area contributed by atoms with Crippen LogP contribution in [0, 0.1) is 16.7 Å². The van der Waals surface area contributed by atoms with E-state index < -0.39 is 5.92 Å². The molecule has 1 aliphatic rings. The van der Waals surface area contributed by atoms with Gasteiger partial charge in [-0.2, -0.15) is 5.26 Å². The lowest BCUT2D eigenvalue weighted by atomic mass is 10.0. The number of carbonyl (C=O) groups excluding carboxylic acids is 1. The second-order valence-electron chi connectivity index (χ2n) is 4.63. The van der Waals surface area contributed by atoms with Gasteiger partial charge in [0.2, 0.25) is 0 Å². The van der Waals surface area contributed by atoms with Crippen molar-refractivity contribution in [1.82, 2.24) is 4.98 Å². The Hall–Kier alpha value is -2.43. The lowest BCUT2D eigenvalue weighted by Crippen LogP contribution is -2.11. The fourth-order valence-electron chi connectivity index (χ4n) is 2.17. The largest absolute Gasteiger partial charge is 0.478 e. The van der Waals surface area contributed by atoms with E-state index >= 15 is 0 Å². The summed E-state index contributed by atoms with van der Waals surface area (Å²) in [6, 6.07) is 9.12. The predicted octanol–water partition coefficient (Wildman–Crippen LogP) is 3.46. The summed E-state index contributed by atoms with van der Waals surface area (Å²) in [5, 5.41) is 19.4. The number of thioether (sulfide) groups is 1. The Kier molecular flexibility index (Phi) is 4.55. The summed E-state index contributed by atoms with van der Waals surface area (Å²) in [5.41, 5.74) is 0.714. The number of Topliss-reactive ketones (excluding diaryl/α,β-unsaturated/α-hetero) is 1. The summed E-state index contributed by atoms with van der Waals surface area (Å²) < 4.78 is 5.37. The van der Waals surface area contributed by atoms with Crippen molar-refractivity contribution < 1.29 is 9.53 Å². The molecule has 5 nitrogen and oxygen atoms in total. The van der Waals surface area contributed by atoms with Gasteiger partial charge in [0, 0.05) is 17.1 Å². The smallest absolute Gasteiger partial charge is 0.186 e. The van der Waals surface area contributed by atoms with Gasteiger partial charge in [-0.3, -0.25) is 10.2 Å². The predicted molar refractivity (Wildman–Crippen MR) is 90.7 cm³/mol. The third-order valence-electron chi connectivity index (χ3n) is 3.18. The molecule has 0 spiro atoms. The van der Waals surface area contributed by atoms with Crippen LogP contribution in [-0.4, -0.2) is 22.4 Å². The summed E-state index contributed by atoms with van der Waals surface area (Å²) in [4.78, 5) is 17.2. The summed E-state index contributed by atoms with van der Waals surface area (Å²) >= 11 is 2.52. The van der Waals surface area contributed by atoms with Gasteiger partial charge in [-0.25, -0.2) is 4.98 Å². The standard InChI is InChI=1S/C16H11N3O2S2/c17-5-7-21-11-4-2-1-3-10(11)9-12-14(20)13(15(18)23-12)16-19-6-8-22-16/h1-4,6,8-9,13,18H,7H2/b12-9-,18-15?/t13-/m0/s1. The van der Waals surface area contributed by atoms with E-state index in [1.54, 1.807) is 29.8 Å². The topological polar surface area (TPSA) is 86.8 Å². The van der Waals surface area contributed by atoms with Gasteiger partial charge in [-0.05, 0) is 12.1 Å². The van der Waals surface area contributed by atoms with Crippen molar-refractivity contribution in [1.29, 1.82) is 10.7 Å². The molecule has 0 saturated carbocycles. The van der Waals surface area contributed by atoms with Crippen molar-refractivity contribution in [3.05, 3.63) is 51.3 Å². The maximum atomic E-state index is 12.6. The number of nitriles is 1. The first kappa shape index (κ1) is 15.5. The normalized spacial score (nSPS) is 19.1. The minimum absolute atomic E-state index is 0.0567. The number of ketones is 1. The zero-order chi connectivity index (χ0) is 16.2. The van der Waals surface area contributed by atoms with Gasteiger partial charge in [0.1, 0.15) is 22.7 Å². The highest BCUT2D eigenvalue weighted by Gasteiger charge is 2.38. The third kappa shape index (κ3) is 3.18. The van der Waals surface area contributed by atoms with E-state index in [1.807, 2.05) is 18.2 Å². The molecular formula is C16H11N3O2S2. The Labute approximate surface area is 141 Å².